The fourth-order valence-corrected chi connectivity index (χ4v) is 1.67. The molecule has 14 heavy (non-hydrogen) atoms. The van der Waals surface area contributed by atoms with Gasteiger partial charge < -0.3 is 10.2 Å². The first kappa shape index (κ1) is 11.5. The molecule has 0 aromatic carbocycles. The van der Waals surface area contributed by atoms with Crippen LogP contribution in [-0.4, -0.2) is 27.6 Å². The van der Waals surface area contributed by atoms with Crippen LogP contribution in [0.5, 0.6) is 0 Å². The normalized spacial score (nSPS) is 12.8. The van der Waals surface area contributed by atoms with E-state index in [0.717, 1.165) is 4.90 Å². The molecule has 0 aliphatic heterocycles. The van der Waals surface area contributed by atoms with E-state index in [0.29, 0.717) is 17.9 Å². The Morgan fingerprint density at radius 3 is 2.79 bits per heavy atom. The fourth-order valence-electron chi connectivity index (χ4n) is 1.05. The summed E-state index contributed by atoms with van der Waals surface area (Å²) in [4.78, 5) is 5.17. The monoisotopic (exact) mass is 213 g/mol. The highest BCUT2D eigenvalue weighted by atomic mass is 32.2. The molecule has 0 saturated carbocycles. The zero-order chi connectivity index (χ0) is 10.4. The second-order valence-corrected chi connectivity index (χ2v) is 4.08. The first-order valence-corrected chi connectivity index (χ1v) is 5.64. The van der Waals surface area contributed by atoms with E-state index in [1.54, 1.807) is 18.0 Å². The van der Waals surface area contributed by atoms with Gasteiger partial charge >= 0.3 is 0 Å². The zero-order valence-electron chi connectivity index (χ0n) is 8.18. The van der Waals surface area contributed by atoms with Crippen LogP contribution < -0.4 is 0 Å². The molecule has 1 heterocycles. The predicted octanol–water partition coefficient (Wildman–Crippen LogP) is 1.61. The van der Waals surface area contributed by atoms with E-state index in [4.69, 9.17) is 5.11 Å². The van der Waals surface area contributed by atoms with Crippen LogP contribution in [0.15, 0.2) is 23.2 Å². The highest BCUT2D eigenvalue weighted by Gasteiger charge is 2.05. The van der Waals surface area contributed by atoms with Gasteiger partial charge in [0.2, 0.25) is 0 Å². The second-order valence-electron chi connectivity index (χ2n) is 2.91. The number of aliphatic hydroxyl groups is 2. The average molecular weight is 213 g/mol. The summed E-state index contributed by atoms with van der Waals surface area (Å²) < 4.78 is 0. The first-order valence-electron chi connectivity index (χ1n) is 4.65. The molecule has 2 N–H and O–H groups in total. The molecular weight excluding hydrogens is 198 g/mol. The number of rotatable bonds is 5. The van der Waals surface area contributed by atoms with E-state index >= 15 is 0 Å². The van der Waals surface area contributed by atoms with Crippen molar-refractivity contribution in [1.29, 1.82) is 0 Å². The predicted molar refractivity (Wildman–Crippen MR) is 57.3 cm³/mol. The Kier molecular flexibility index (Phi) is 4.93. The molecule has 1 aromatic heterocycles. The summed E-state index contributed by atoms with van der Waals surface area (Å²) in [5.41, 5.74) is 0.709. The maximum absolute atomic E-state index is 9.49. The fraction of sp³-hybridized carbons (Fsp3) is 0.500. The van der Waals surface area contributed by atoms with Crippen LogP contribution in [0.4, 0.5) is 0 Å². The van der Waals surface area contributed by atoms with Crippen LogP contribution in [0.25, 0.3) is 0 Å². The van der Waals surface area contributed by atoms with E-state index in [1.165, 1.54) is 0 Å². The summed E-state index contributed by atoms with van der Waals surface area (Å²) in [7, 11) is 0. The number of hydrogen-bond acceptors (Lipinski definition) is 4. The molecule has 0 fully saturated rings. The van der Waals surface area contributed by atoms with Crippen LogP contribution in [0.2, 0.25) is 0 Å². The summed E-state index contributed by atoms with van der Waals surface area (Å²) in [6.07, 6.45) is 1.94. The number of pyridine rings is 1. The Bertz CT molecular complexity index is 263. The van der Waals surface area contributed by atoms with Crippen LogP contribution in [0.3, 0.4) is 0 Å². The van der Waals surface area contributed by atoms with Crippen LogP contribution >= 0.6 is 11.8 Å². The third-order valence-corrected chi connectivity index (χ3v) is 2.81. The Morgan fingerprint density at radius 1 is 1.50 bits per heavy atom. The van der Waals surface area contributed by atoms with Gasteiger partial charge in [-0.25, -0.2) is 0 Å². The van der Waals surface area contributed by atoms with Gasteiger partial charge in [-0.1, -0.05) is 6.92 Å². The molecule has 1 unspecified atom stereocenters. The van der Waals surface area contributed by atoms with Crippen molar-refractivity contribution in [3.8, 4) is 0 Å². The van der Waals surface area contributed by atoms with Crippen molar-refractivity contribution in [3.63, 3.8) is 0 Å². The maximum atomic E-state index is 9.49. The largest absolute Gasteiger partial charge is 0.396 e. The van der Waals surface area contributed by atoms with Crippen molar-refractivity contribution in [3.05, 3.63) is 24.0 Å². The zero-order valence-corrected chi connectivity index (χ0v) is 9.00. The third kappa shape index (κ3) is 3.29. The van der Waals surface area contributed by atoms with Crippen molar-refractivity contribution in [2.75, 3.05) is 12.4 Å². The molecule has 78 valence electrons. The minimum atomic E-state index is -0.466. The Hall–Kier alpha value is -0.580. The molecule has 3 nitrogen and oxygen atoms in total. The minimum Gasteiger partial charge on any atom is -0.396 e. The van der Waals surface area contributed by atoms with Gasteiger partial charge in [0, 0.05) is 16.8 Å². The van der Waals surface area contributed by atoms with Crippen LogP contribution in [0.1, 0.15) is 25.1 Å². The molecule has 0 amide bonds. The van der Waals surface area contributed by atoms with Gasteiger partial charge in [-0.05, 0) is 18.6 Å². The van der Waals surface area contributed by atoms with Gasteiger partial charge in [-0.3, -0.25) is 4.98 Å². The minimum absolute atomic E-state index is 0.171. The number of aliphatic hydroxyl groups excluding tert-OH is 2. The molecule has 0 aliphatic carbocycles. The van der Waals surface area contributed by atoms with Crippen LogP contribution in [0, 0.1) is 0 Å². The second kappa shape index (κ2) is 6.01. The summed E-state index contributed by atoms with van der Waals surface area (Å²) in [6.45, 7) is 2.09. The molecule has 0 radical (unpaired) electrons. The van der Waals surface area contributed by atoms with E-state index < -0.39 is 6.10 Å². The lowest BCUT2D eigenvalue weighted by atomic mass is 10.2. The van der Waals surface area contributed by atoms with Crippen molar-refractivity contribution in [2.24, 2.45) is 0 Å². The van der Waals surface area contributed by atoms with Crippen molar-refractivity contribution in [2.45, 2.75) is 24.3 Å². The summed E-state index contributed by atoms with van der Waals surface area (Å²) in [5, 5.41) is 18.1. The average Bonchev–Trinajstić information content (AvgIpc) is 2.26. The smallest absolute Gasteiger partial charge is 0.0957 e. The maximum Gasteiger partial charge on any atom is 0.0957 e. The summed E-state index contributed by atoms with van der Waals surface area (Å²) >= 11 is 1.55. The van der Waals surface area contributed by atoms with Gasteiger partial charge in [-0.2, -0.15) is 0 Å². The lowest BCUT2D eigenvalue weighted by molar-refractivity contribution is 0.169. The molecule has 0 aliphatic rings. The SMILES string of the molecule is CCC(O)c1ccc(SCCO)cn1. The van der Waals surface area contributed by atoms with E-state index in [-0.39, 0.29) is 6.61 Å². The lowest BCUT2D eigenvalue weighted by Gasteiger charge is -2.07. The van der Waals surface area contributed by atoms with Gasteiger partial charge in [-0.15, -0.1) is 11.8 Å². The van der Waals surface area contributed by atoms with Crippen molar-refractivity contribution >= 4 is 11.8 Å². The first-order chi connectivity index (χ1) is 6.77. The van der Waals surface area contributed by atoms with Crippen molar-refractivity contribution in [1.82, 2.24) is 4.98 Å². The highest BCUT2D eigenvalue weighted by Crippen LogP contribution is 2.19. The Labute approximate surface area is 88.2 Å². The topological polar surface area (TPSA) is 53.4 Å². The van der Waals surface area contributed by atoms with Gasteiger partial charge in [0.1, 0.15) is 0 Å². The molecule has 1 rings (SSSR count). The van der Waals surface area contributed by atoms with Crippen LogP contribution in [-0.2, 0) is 0 Å². The quantitative estimate of drug-likeness (QED) is 0.730. The summed E-state index contributed by atoms with van der Waals surface area (Å²) in [6, 6.07) is 3.75. The van der Waals surface area contributed by atoms with Gasteiger partial charge in [0.25, 0.3) is 0 Å². The Morgan fingerprint density at radius 2 is 2.29 bits per heavy atom. The van der Waals surface area contributed by atoms with Gasteiger partial charge in [0.15, 0.2) is 0 Å². The number of thioether (sulfide) groups is 1. The molecule has 1 aromatic rings. The number of hydrogen-bond donors (Lipinski definition) is 2. The van der Waals surface area contributed by atoms with E-state index in [2.05, 4.69) is 4.98 Å². The van der Waals surface area contributed by atoms with E-state index in [9.17, 15) is 5.11 Å². The van der Waals surface area contributed by atoms with E-state index in [1.807, 2.05) is 19.1 Å². The Balaban J connectivity index is 2.59. The molecule has 0 bridgehead atoms. The molecule has 1 atom stereocenters. The number of nitrogens with zero attached hydrogens (tertiary/aromatic N) is 1. The standard InChI is InChI=1S/C10H15NO2S/c1-2-10(13)9-4-3-8(7-11-9)14-6-5-12/h3-4,7,10,12-13H,2,5-6H2,1H3. The third-order valence-electron chi connectivity index (χ3n) is 1.85. The molecule has 0 spiro atoms. The molecule has 0 saturated heterocycles. The lowest BCUT2D eigenvalue weighted by Crippen LogP contribution is -1.98. The molecule has 4 heteroatoms. The molecular formula is C10H15NO2S. The highest BCUT2D eigenvalue weighted by molar-refractivity contribution is 7.99. The summed E-state index contributed by atoms with van der Waals surface area (Å²) in [5.74, 6) is 0.678. The van der Waals surface area contributed by atoms with Crippen molar-refractivity contribution < 1.29 is 10.2 Å². The number of aromatic nitrogens is 1. The van der Waals surface area contributed by atoms with Gasteiger partial charge in [0.05, 0.1) is 18.4 Å².